The summed E-state index contributed by atoms with van der Waals surface area (Å²) < 4.78 is 0. The lowest BCUT2D eigenvalue weighted by molar-refractivity contribution is 0.243. The molecule has 1 aromatic carbocycles. The second kappa shape index (κ2) is 6.50. The Morgan fingerprint density at radius 2 is 2.00 bits per heavy atom. The highest BCUT2D eigenvalue weighted by Crippen LogP contribution is 2.16. The van der Waals surface area contributed by atoms with Crippen molar-refractivity contribution in [2.45, 2.75) is 12.6 Å². The summed E-state index contributed by atoms with van der Waals surface area (Å²) >= 11 is 6.03. The van der Waals surface area contributed by atoms with Crippen LogP contribution in [0, 0.1) is 0 Å². The summed E-state index contributed by atoms with van der Waals surface area (Å²) in [5.74, 6) is 0. The van der Waals surface area contributed by atoms with Crippen molar-refractivity contribution in [2.75, 3.05) is 6.61 Å². The lowest BCUT2D eigenvalue weighted by atomic mass is 10.1. The fraction of sp³-hybridized carbons (Fsp3) is 0.214. The van der Waals surface area contributed by atoms with Crippen LogP contribution >= 0.6 is 11.6 Å². The van der Waals surface area contributed by atoms with Crippen LogP contribution in [0.3, 0.4) is 0 Å². The maximum Gasteiger partial charge on any atom is 0.0634 e. The molecule has 94 valence electrons. The molecule has 0 aliphatic rings. The van der Waals surface area contributed by atoms with Gasteiger partial charge >= 0.3 is 0 Å². The van der Waals surface area contributed by atoms with Gasteiger partial charge in [-0.2, -0.15) is 0 Å². The van der Waals surface area contributed by atoms with Crippen LogP contribution in [-0.4, -0.2) is 16.7 Å². The van der Waals surface area contributed by atoms with Crippen molar-refractivity contribution in [3.8, 4) is 0 Å². The molecule has 0 aliphatic carbocycles. The molecule has 0 fully saturated rings. The minimum Gasteiger partial charge on any atom is -0.394 e. The van der Waals surface area contributed by atoms with E-state index in [0.717, 1.165) is 11.1 Å². The van der Waals surface area contributed by atoms with Crippen molar-refractivity contribution < 1.29 is 5.11 Å². The molecular weight excluding hydrogens is 248 g/mol. The Kier molecular flexibility index (Phi) is 4.70. The smallest absolute Gasteiger partial charge is 0.0634 e. The number of aromatic nitrogens is 1. The van der Waals surface area contributed by atoms with Gasteiger partial charge in [-0.15, -0.1) is 0 Å². The SMILES string of the molecule is OCC(NCc1ccncc1Cl)c1ccccc1. The highest BCUT2D eigenvalue weighted by atomic mass is 35.5. The van der Waals surface area contributed by atoms with Crippen molar-refractivity contribution in [3.63, 3.8) is 0 Å². The predicted octanol–water partition coefficient (Wildman–Crippen LogP) is 2.56. The molecular formula is C14H15ClN2O. The van der Waals surface area contributed by atoms with Gasteiger partial charge in [-0.25, -0.2) is 0 Å². The van der Waals surface area contributed by atoms with Crippen LogP contribution in [0.2, 0.25) is 5.02 Å². The molecule has 4 heteroatoms. The number of benzene rings is 1. The minimum absolute atomic E-state index is 0.0483. The normalized spacial score (nSPS) is 12.3. The van der Waals surface area contributed by atoms with Gasteiger partial charge in [0, 0.05) is 18.9 Å². The number of aliphatic hydroxyl groups is 1. The van der Waals surface area contributed by atoms with Gasteiger partial charge in [0.25, 0.3) is 0 Å². The summed E-state index contributed by atoms with van der Waals surface area (Å²) in [5.41, 5.74) is 2.03. The topological polar surface area (TPSA) is 45.1 Å². The second-order valence-electron chi connectivity index (χ2n) is 3.99. The Morgan fingerprint density at radius 1 is 1.22 bits per heavy atom. The lowest BCUT2D eigenvalue weighted by Crippen LogP contribution is -2.24. The molecule has 0 aliphatic heterocycles. The van der Waals surface area contributed by atoms with Crippen molar-refractivity contribution >= 4 is 11.6 Å². The molecule has 0 bridgehead atoms. The van der Waals surface area contributed by atoms with E-state index in [9.17, 15) is 5.11 Å². The van der Waals surface area contributed by atoms with Gasteiger partial charge in [-0.05, 0) is 17.2 Å². The summed E-state index contributed by atoms with van der Waals surface area (Å²) in [6.45, 7) is 0.647. The summed E-state index contributed by atoms with van der Waals surface area (Å²) in [6.07, 6.45) is 3.33. The van der Waals surface area contributed by atoms with Crippen LogP contribution in [0.25, 0.3) is 0 Å². The molecule has 1 atom stereocenters. The average Bonchev–Trinajstić information content (AvgIpc) is 2.42. The summed E-state index contributed by atoms with van der Waals surface area (Å²) in [6, 6.07) is 11.6. The van der Waals surface area contributed by atoms with E-state index >= 15 is 0 Å². The minimum atomic E-state index is -0.0876. The first-order chi connectivity index (χ1) is 8.81. The molecule has 0 amide bonds. The predicted molar refractivity (Wildman–Crippen MR) is 72.4 cm³/mol. The second-order valence-corrected chi connectivity index (χ2v) is 4.40. The van der Waals surface area contributed by atoms with Gasteiger partial charge < -0.3 is 10.4 Å². The monoisotopic (exact) mass is 262 g/mol. The van der Waals surface area contributed by atoms with Crippen LogP contribution in [0.4, 0.5) is 0 Å². The molecule has 1 heterocycles. The van der Waals surface area contributed by atoms with Gasteiger partial charge in [0.15, 0.2) is 0 Å². The number of hydrogen-bond donors (Lipinski definition) is 2. The first-order valence-electron chi connectivity index (χ1n) is 5.79. The zero-order valence-electron chi connectivity index (χ0n) is 9.88. The summed E-state index contributed by atoms with van der Waals surface area (Å²) in [7, 11) is 0. The van der Waals surface area contributed by atoms with E-state index in [1.807, 2.05) is 36.4 Å². The van der Waals surface area contributed by atoms with Crippen LogP contribution in [0.1, 0.15) is 17.2 Å². The zero-order chi connectivity index (χ0) is 12.8. The fourth-order valence-corrected chi connectivity index (χ4v) is 1.94. The van der Waals surface area contributed by atoms with Crippen molar-refractivity contribution in [3.05, 3.63) is 64.9 Å². The molecule has 0 saturated carbocycles. The Labute approximate surface area is 111 Å². The lowest BCUT2D eigenvalue weighted by Gasteiger charge is -2.17. The number of aliphatic hydroxyl groups excluding tert-OH is 1. The van der Waals surface area contributed by atoms with E-state index < -0.39 is 0 Å². The number of pyridine rings is 1. The number of nitrogens with zero attached hydrogens (tertiary/aromatic N) is 1. The Hall–Kier alpha value is -1.42. The van der Waals surface area contributed by atoms with Crippen molar-refractivity contribution in [2.24, 2.45) is 0 Å². The van der Waals surface area contributed by atoms with Crippen molar-refractivity contribution in [1.82, 2.24) is 10.3 Å². The standard InChI is InChI=1S/C14H15ClN2O/c15-13-9-16-7-6-12(13)8-17-14(10-18)11-4-2-1-3-5-11/h1-7,9,14,17-18H,8,10H2. The Balaban J connectivity index is 2.02. The van der Waals surface area contributed by atoms with Crippen LogP contribution in [0.5, 0.6) is 0 Å². The van der Waals surface area contributed by atoms with E-state index in [-0.39, 0.29) is 12.6 Å². The Bertz CT molecular complexity index is 490. The van der Waals surface area contributed by atoms with Gasteiger partial charge in [-0.3, -0.25) is 4.98 Å². The first kappa shape index (κ1) is 13.0. The van der Waals surface area contributed by atoms with Gasteiger partial charge in [0.05, 0.1) is 17.7 Å². The van der Waals surface area contributed by atoms with Crippen LogP contribution in [-0.2, 0) is 6.54 Å². The number of halogens is 1. The summed E-state index contributed by atoms with van der Waals surface area (Å²) in [5, 5.41) is 13.3. The third kappa shape index (κ3) is 3.29. The highest BCUT2D eigenvalue weighted by Gasteiger charge is 2.09. The third-order valence-electron chi connectivity index (χ3n) is 2.78. The number of nitrogens with one attached hydrogen (secondary N) is 1. The molecule has 2 rings (SSSR count). The number of rotatable bonds is 5. The van der Waals surface area contributed by atoms with Crippen LogP contribution < -0.4 is 5.32 Å². The highest BCUT2D eigenvalue weighted by molar-refractivity contribution is 6.31. The van der Waals surface area contributed by atoms with E-state index in [1.54, 1.807) is 12.4 Å². The first-order valence-corrected chi connectivity index (χ1v) is 6.16. The van der Waals surface area contributed by atoms with E-state index in [1.165, 1.54) is 0 Å². The Morgan fingerprint density at radius 3 is 2.67 bits per heavy atom. The van der Waals surface area contributed by atoms with Crippen LogP contribution in [0.15, 0.2) is 48.8 Å². The zero-order valence-corrected chi connectivity index (χ0v) is 10.6. The maximum absolute atomic E-state index is 9.42. The van der Waals surface area contributed by atoms with E-state index in [2.05, 4.69) is 10.3 Å². The molecule has 3 nitrogen and oxygen atoms in total. The largest absolute Gasteiger partial charge is 0.394 e. The third-order valence-corrected chi connectivity index (χ3v) is 3.12. The molecule has 1 aromatic heterocycles. The van der Waals surface area contributed by atoms with E-state index in [4.69, 9.17) is 11.6 Å². The maximum atomic E-state index is 9.42. The van der Waals surface area contributed by atoms with Gasteiger partial charge in [0.1, 0.15) is 0 Å². The average molecular weight is 263 g/mol. The van der Waals surface area contributed by atoms with Gasteiger partial charge in [-0.1, -0.05) is 41.9 Å². The van der Waals surface area contributed by atoms with Crippen molar-refractivity contribution in [1.29, 1.82) is 0 Å². The molecule has 0 saturated heterocycles. The molecule has 2 aromatic rings. The molecule has 2 N–H and O–H groups in total. The quantitative estimate of drug-likeness (QED) is 0.871. The number of hydrogen-bond acceptors (Lipinski definition) is 3. The molecule has 18 heavy (non-hydrogen) atoms. The van der Waals surface area contributed by atoms with Gasteiger partial charge in [0.2, 0.25) is 0 Å². The summed E-state index contributed by atoms with van der Waals surface area (Å²) in [4.78, 5) is 3.94. The van der Waals surface area contributed by atoms with E-state index in [0.29, 0.717) is 11.6 Å². The molecule has 0 radical (unpaired) electrons. The fourth-order valence-electron chi connectivity index (χ4n) is 1.75. The molecule has 0 spiro atoms. The molecule has 1 unspecified atom stereocenters.